The van der Waals surface area contributed by atoms with E-state index in [9.17, 15) is 0 Å². The van der Waals surface area contributed by atoms with E-state index in [0.717, 1.165) is 0 Å². The van der Waals surface area contributed by atoms with Gasteiger partial charge in [0.1, 0.15) is 0 Å². The largest absolute Gasteiger partial charge is 2.00 e. The van der Waals surface area contributed by atoms with Gasteiger partial charge in [0.25, 0.3) is 0 Å². The van der Waals surface area contributed by atoms with E-state index in [0.29, 0.717) is 6.04 Å². The molecule has 3 fully saturated rings. The van der Waals surface area contributed by atoms with Gasteiger partial charge in [-0.1, -0.05) is 6.42 Å². The molecule has 96 valence electrons. The molecular weight excluding hydrogens is 262 g/mol. The van der Waals surface area contributed by atoms with Crippen LogP contribution in [0.25, 0.3) is 0 Å². The molecule has 0 aromatic carbocycles. The second-order valence-electron chi connectivity index (χ2n) is 4.84. The van der Waals surface area contributed by atoms with Crippen LogP contribution < -0.4 is 0 Å². The summed E-state index contributed by atoms with van der Waals surface area (Å²) in [6.07, 6.45) is 20.7. The molecule has 3 rings (SSSR count). The van der Waals surface area contributed by atoms with Gasteiger partial charge in [-0.25, -0.2) is 0 Å². The smallest absolute Gasteiger partial charge is 0.306 e. The van der Waals surface area contributed by atoms with Crippen LogP contribution in [0.3, 0.4) is 0 Å². The van der Waals surface area contributed by atoms with Gasteiger partial charge < -0.3 is 4.90 Å². The quantitative estimate of drug-likeness (QED) is 0.669. The summed E-state index contributed by atoms with van der Waals surface area (Å²) in [7, 11) is 4.35. The van der Waals surface area contributed by atoms with E-state index in [1.54, 1.807) is 11.8 Å². The number of nitrogens with zero attached hydrogens (tertiary/aromatic N) is 1. The second kappa shape index (κ2) is 8.61. The van der Waals surface area contributed by atoms with Crippen LogP contribution in [-0.4, -0.2) is 25.0 Å². The Bertz CT molecular complexity index is 206. The predicted octanol–water partition coefficient (Wildman–Crippen LogP) is 2.89. The van der Waals surface area contributed by atoms with Crippen molar-refractivity contribution in [1.82, 2.24) is 4.90 Å². The Morgan fingerprint density at radius 1 is 0.944 bits per heavy atom. The van der Waals surface area contributed by atoms with Crippen molar-refractivity contribution in [3.05, 3.63) is 63.2 Å². The monoisotopic (exact) mass is 283 g/mol. The molecule has 0 spiro atoms. The van der Waals surface area contributed by atoms with Gasteiger partial charge >= 0.3 is 17.1 Å². The van der Waals surface area contributed by atoms with Gasteiger partial charge in [0, 0.05) is 12.0 Å². The Kier molecular flexibility index (Phi) is 7.91. The maximum atomic E-state index is 2.33. The summed E-state index contributed by atoms with van der Waals surface area (Å²) in [6.45, 7) is 0. The maximum Gasteiger partial charge on any atom is 2.00 e. The van der Waals surface area contributed by atoms with Gasteiger partial charge in [-0.05, 0) is 84.2 Å². The van der Waals surface area contributed by atoms with Crippen LogP contribution in [0.4, 0.5) is 0 Å². The number of hydrogen-bond donors (Lipinski definition) is 0. The van der Waals surface area contributed by atoms with Gasteiger partial charge in [0.15, 0.2) is 0 Å². The Hall–Kier alpha value is 0.479. The molecule has 3 saturated carbocycles. The number of rotatable bonds is 1. The molecule has 0 aromatic rings. The van der Waals surface area contributed by atoms with Crippen molar-refractivity contribution in [2.45, 2.75) is 25.3 Å². The summed E-state index contributed by atoms with van der Waals surface area (Å²) >= 11 is 0. The van der Waals surface area contributed by atoms with E-state index in [1.807, 2.05) is 32.1 Å². The molecule has 0 saturated heterocycles. The summed E-state index contributed by atoms with van der Waals surface area (Å²) in [6, 6.07) is 0.670. The minimum Gasteiger partial charge on any atom is -0.306 e. The van der Waals surface area contributed by atoms with Gasteiger partial charge in [-0.2, -0.15) is 0 Å². The minimum absolute atomic E-state index is 0. The fourth-order valence-corrected chi connectivity index (χ4v) is 2.52. The zero-order valence-corrected chi connectivity index (χ0v) is 12.2. The summed E-state index contributed by atoms with van der Waals surface area (Å²) < 4.78 is 0. The van der Waals surface area contributed by atoms with Crippen molar-refractivity contribution in [2.75, 3.05) is 14.1 Å². The minimum atomic E-state index is 0. The van der Waals surface area contributed by atoms with Crippen LogP contribution in [0.5, 0.6) is 0 Å². The summed E-state index contributed by atoms with van der Waals surface area (Å²) in [5.74, 6) is 3.13. The topological polar surface area (TPSA) is 3.24 Å². The first-order chi connectivity index (χ1) is 8.29. The molecule has 0 amide bonds. The molecule has 3 aliphatic carbocycles. The molecule has 10 radical (unpaired) electrons. The van der Waals surface area contributed by atoms with Crippen molar-refractivity contribution < 1.29 is 17.1 Å². The molecule has 0 bridgehead atoms. The van der Waals surface area contributed by atoms with Crippen molar-refractivity contribution in [3.63, 3.8) is 0 Å². The summed E-state index contributed by atoms with van der Waals surface area (Å²) in [5, 5.41) is 0. The molecular formula is C16H21FeN+2. The van der Waals surface area contributed by atoms with E-state index in [4.69, 9.17) is 0 Å². The van der Waals surface area contributed by atoms with Crippen molar-refractivity contribution >= 4 is 0 Å². The van der Waals surface area contributed by atoms with Gasteiger partial charge in [0.05, 0.1) is 0 Å². The van der Waals surface area contributed by atoms with E-state index < -0.39 is 0 Å². The molecule has 18 heavy (non-hydrogen) atoms. The van der Waals surface area contributed by atoms with Crippen LogP contribution in [0.1, 0.15) is 19.3 Å². The molecule has 0 aliphatic heterocycles. The Labute approximate surface area is 125 Å². The summed E-state index contributed by atoms with van der Waals surface area (Å²) in [5.41, 5.74) is 0. The van der Waals surface area contributed by atoms with E-state index in [1.165, 1.54) is 19.3 Å². The van der Waals surface area contributed by atoms with Gasteiger partial charge in [-0.15, -0.1) is 0 Å². The van der Waals surface area contributed by atoms with Crippen molar-refractivity contribution in [2.24, 2.45) is 0 Å². The van der Waals surface area contributed by atoms with Crippen LogP contribution >= 0.6 is 0 Å². The van der Waals surface area contributed by atoms with Crippen LogP contribution in [0.15, 0.2) is 0 Å². The first-order valence-corrected chi connectivity index (χ1v) is 6.36. The third kappa shape index (κ3) is 4.54. The average molecular weight is 283 g/mol. The molecule has 0 aromatic heterocycles. The molecule has 1 unspecified atom stereocenters. The Morgan fingerprint density at radius 3 is 2.11 bits per heavy atom. The van der Waals surface area contributed by atoms with Crippen molar-refractivity contribution in [3.8, 4) is 0 Å². The molecule has 1 nitrogen and oxygen atoms in total. The van der Waals surface area contributed by atoms with Gasteiger partial charge in [-0.3, -0.25) is 0 Å². The molecule has 0 N–H and O–H groups in total. The van der Waals surface area contributed by atoms with Crippen molar-refractivity contribution in [1.29, 1.82) is 0 Å². The zero-order chi connectivity index (χ0) is 12.1. The standard InChI is InChI=1S/C11H16N.C5H5.Fe/c1-12(2)11-8-4-6-9-5-3-7-10(9)11;1-2-4-5-3-1;/h3,5,7,11H,4,6,8H2,1-2H3;1-5H;/q;;+2. The fourth-order valence-electron chi connectivity index (χ4n) is 2.52. The van der Waals surface area contributed by atoms with Crippen LogP contribution in [0.2, 0.25) is 0 Å². The van der Waals surface area contributed by atoms with E-state index in [2.05, 4.69) is 38.3 Å². The molecule has 0 heterocycles. The fraction of sp³-hybridized carbons (Fsp3) is 0.375. The first kappa shape index (κ1) is 16.5. The molecule has 1 atom stereocenters. The molecule has 3 aliphatic rings. The van der Waals surface area contributed by atoms with Gasteiger partial charge in [0.2, 0.25) is 0 Å². The summed E-state index contributed by atoms with van der Waals surface area (Å²) in [4.78, 5) is 2.33. The first-order valence-electron chi connectivity index (χ1n) is 6.36. The van der Waals surface area contributed by atoms with Crippen LogP contribution in [0, 0.1) is 63.2 Å². The van der Waals surface area contributed by atoms with E-state index >= 15 is 0 Å². The average Bonchev–Trinajstić information content (AvgIpc) is 3.02. The SMILES string of the molecule is CN(C)C1CCC[C]2[CH][CH][CH][C]21.[CH]1[CH][CH][CH][CH]1.[Fe+2]. The third-order valence-corrected chi connectivity index (χ3v) is 3.41. The zero-order valence-electron chi connectivity index (χ0n) is 11.1. The van der Waals surface area contributed by atoms with E-state index in [-0.39, 0.29) is 17.1 Å². The number of hydrogen-bond acceptors (Lipinski definition) is 1. The normalized spacial score (nSPS) is 28.5. The van der Waals surface area contributed by atoms with Crippen LogP contribution in [-0.2, 0) is 17.1 Å². The molecule has 2 heteroatoms. The Balaban J connectivity index is 0.000000230. The second-order valence-corrected chi connectivity index (χ2v) is 4.84. The third-order valence-electron chi connectivity index (χ3n) is 3.41. The Morgan fingerprint density at radius 2 is 1.56 bits per heavy atom. The maximum absolute atomic E-state index is 2.33. The number of fused-ring (bicyclic) bond motifs is 1. The predicted molar refractivity (Wildman–Crippen MR) is 72.2 cm³/mol.